The van der Waals surface area contributed by atoms with Crippen LogP contribution in [-0.4, -0.2) is 12.6 Å². The smallest absolute Gasteiger partial charge is 0.00979 e. The van der Waals surface area contributed by atoms with Crippen molar-refractivity contribution in [1.29, 1.82) is 0 Å². The fraction of sp³-hybridized carbons (Fsp3) is 1.00. The van der Waals surface area contributed by atoms with E-state index < -0.39 is 0 Å². The Morgan fingerprint density at radius 2 is 1.94 bits per heavy atom. The summed E-state index contributed by atoms with van der Waals surface area (Å²) in [7, 11) is 0. The van der Waals surface area contributed by atoms with Crippen LogP contribution in [0.2, 0.25) is 0 Å². The zero-order valence-corrected chi connectivity index (χ0v) is 12.0. The summed E-state index contributed by atoms with van der Waals surface area (Å²) in [6, 6.07) is 0.765. The van der Waals surface area contributed by atoms with Crippen molar-refractivity contribution in [2.45, 2.75) is 72.8 Å². The molecule has 1 N–H and O–H groups in total. The van der Waals surface area contributed by atoms with Crippen LogP contribution in [0.4, 0.5) is 0 Å². The SMILES string of the molecule is CCNC(CCC(C)(C)C)C1CCCC1C. The molecule has 0 aliphatic heterocycles. The van der Waals surface area contributed by atoms with E-state index in [9.17, 15) is 0 Å². The van der Waals surface area contributed by atoms with Gasteiger partial charge in [-0.2, -0.15) is 0 Å². The third-order valence-corrected chi connectivity index (χ3v) is 4.12. The second kappa shape index (κ2) is 6.05. The molecule has 96 valence electrons. The summed E-state index contributed by atoms with van der Waals surface area (Å²) >= 11 is 0. The summed E-state index contributed by atoms with van der Waals surface area (Å²) in [4.78, 5) is 0. The van der Waals surface area contributed by atoms with Crippen LogP contribution >= 0.6 is 0 Å². The largest absolute Gasteiger partial charge is 0.314 e. The predicted octanol–water partition coefficient (Wildman–Crippen LogP) is 4.23. The molecule has 1 aliphatic rings. The van der Waals surface area contributed by atoms with Gasteiger partial charge >= 0.3 is 0 Å². The average molecular weight is 225 g/mol. The quantitative estimate of drug-likeness (QED) is 0.738. The molecule has 1 rings (SSSR count). The van der Waals surface area contributed by atoms with Gasteiger partial charge in [0.05, 0.1) is 0 Å². The molecule has 3 atom stereocenters. The van der Waals surface area contributed by atoms with E-state index in [-0.39, 0.29) is 0 Å². The summed E-state index contributed by atoms with van der Waals surface area (Å²) in [5.41, 5.74) is 0.482. The molecule has 0 spiro atoms. The fourth-order valence-corrected chi connectivity index (χ4v) is 3.09. The van der Waals surface area contributed by atoms with Gasteiger partial charge in [0, 0.05) is 6.04 Å². The highest BCUT2D eigenvalue weighted by atomic mass is 14.9. The standard InChI is InChI=1S/C15H31N/c1-6-16-14(10-11-15(3,4)5)13-9-7-8-12(13)2/h12-14,16H,6-11H2,1-5H3. The Labute approximate surface area is 102 Å². The maximum atomic E-state index is 3.73. The van der Waals surface area contributed by atoms with Crippen molar-refractivity contribution in [3.63, 3.8) is 0 Å². The van der Waals surface area contributed by atoms with Gasteiger partial charge in [-0.05, 0) is 43.1 Å². The van der Waals surface area contributed by atoms with Gasteiger partial charge in [0.1, 0.15) is 0 Å². The van der Waals surface area contributed by atoms with Crippen LogP contribution in [0.25, 0.3) is 0 Å². The third-order valence-electron chi connectivity index (χ3n) is 4.12. The molecule has 0 aromatic carbocycles. The van der Waals surface area contributed by atoms with Gasteiger partial charge in [0.2, 0.25) is 0 Å². The van der Waals surface area contributed by atoms with Crippen molar-refractivity contribution < 1.29 is 0 Å². The molecule has 0 radical (unpaired) electrons. The second-order valence-corrected chi connectivity index (χ2v) is 6.84. The van der Waals surface area contributed by atoms with E-state index in [1.54, 1.807) is 0 Å². The summed E-state index contributed by atoms with van der Waals surface area (Å²) in [6.07, 6.45) is 7.04. The normalized spacial score (nSPS) is 28.3. The maximum absolute atomic E-state index is 3.73. The average Bonchev–Trinajstić information content (AvgIpc) is 2.57. The van der Waals surface area contributed by atoms with E-state index >= 15 is 0 Å². The topological polar surface area (TPSA) is 12.0 Å². The third kappa shape index (κ3) is 4.45. The fourth-order valence-electron chi connectivity index (χ4n) is 3.09. The van der Waals surface area contributed by atoms with E-state index in [0.29, 0.717) is 5.41 Å². The Hall–Kier alpha value is -0.0400. The van der Waals surface area contributed by atoms with Crippen LogP contribution in [0.15, 0.2) is 0 Å². The molecule has 0 bridgehead atoms. The first-order valence-corrected chi connectivity index (χ1v) is 7.17. The molecular formula is C15H31N. The van der Waals surface area contributed by atoms with Crippen LogP contribution in [0.3, 0.4) is 0 Å². The molecule has 1 nitrogen and oxygen atoms in total. The first-order valence-electron chi connectivity index (χ1n) is 7.17. The van der Waals surface area contributed by atoms with Crippen molar-refractivity contribution in [3.05, 3.63) is 0 Å². The van der Waals surface area contributed by atoms with Crippen molar-refractivity contribution >= 4 is 0 Å². The Morgan fingerprint density at radius 1 is 1.25 bits per heavy atom. The molecule has 16 heavy (non-hydrogen) atoms. The summed E-state index contributed by atoms with van der Waals surface area (Å²) in [5.74, 6) is 1.87. The summed E-state index contributed by atoms with van der Waals surface area (Å²) < 4.78 is 0. The molecule has 1 fully saturated rings. The first-order chi connectivity index (χ1) is 7.44. The van der Waals surface area contributed by atoms with Crippen LogP contribution in [0.1, 0.15) is 66.7 Å². The molecule has 3 unspecified atom stereocenters. The van der Waals surface area contributed by atoms with E-state index in [1.165, 1.54) is 32.1 Å². The van der Waals surface area contributed by atoms with Gasteiger partial charge in [0.15, 0.2) is 0 Å². The molecule has 0 aromatic rings. The monoisotopic (exact) mass is 225 g/mol. The predicted molar refractivity (Wildman–Crippen MR) is 72.7 cm³/mol. The number of hydrogen-bond donors (Lipinski definition) is 1. The molecule has 1 heteroatoms. The maximum Gasteiger partial charge on any atom is 0.00979 e. The molecule has 1 aliphatic carbocycles. The van der Waals surface area contributed by atoms with E-state index in [4.69, 9.17) is 0 Å². The van der Waals surface area contributed by atoms with Gasteiger partial charge in [-0.3, -0.25) is 0 Å². The lowest BCUT2D eigenvalue weighted by atomic mass is 9.82. The highest BCUT2D eigenvalue weighted by Crippen LogP contribution is 2.36. The first kappa shape index (κ1) is 14.0. The lowest BCUT2D eigenvalue weighted by Gasteiger charge is -2.30. The van der Waals surface area contributed by atoms with Gasteiger partial charge in [-0.1, -0.05) is 47.5 Å². The van der Waals surface area contributed by atoms with Crippen LogP contribution in [0, 0.1) is 17.3 Å². The number of hydrogen-bond acceptors (Lipinski definition) is 1. The van der Waals surface area contributed by atoms with Crippen molar-refractivity contribution in [2.75, 3.05) is 6.54 Å². The summed E-state index contributed by atoms with van der Waals surface area (Å²) in [6.45, 7) is 12.9. The zero-order valence-electron chi connectivity index (χ0n) is 12.0. The van der Waals surface area contributed by atoms with E-state index in [1.807, 2.05) is 0 Å². The molecule has 0 amide bonds. The van der Waals surface area contributed by atoms with Gasteiger partial charge in [-0.15, -0.1) is 0 Å². The molecule has 0 aromatic heterocycles. The van der Waals surface area contributed by atoms with Crippen molar-refractivity contribution in [1.82, 2.24) is 5.32 Å². The second-order valence-electron chi connectivity index (χ2n) is 6.84. The van der Waals surface area contributed by atoms with E-state index in [2.05, 4.69) is 39.9 Å². The highest BCUT2D eigenvalue weighted by Gasteiger charge is 2.30. The number of rotatable bonds is 5. The van der Waals surface area contributed by atoms with Crippen LogP contribution in [-0.2, 0) is 0 Å². The Kier molecular flexibility index (Phi) is 5.30. The minimum Gasteiger partial charge on any atom is -0.314 e. The molecule has 0 heterocycles. The van der Waals surface area contributed by atoms with E-state index in [0.717, 1.165) is 24.4 Å². The van der Waals surface area contributed by atoms with Crippen molar-refractivity contribution in [3.8, 4) is 0 Å². The Morgan fingerprint density at radius 3 is 2.38 bits per heavy atom. The lowest BCUT2D eigenvalue weighted by molar-refractivity contribution is 0.249. The summed E-state index contributed by atoms with van der Waals surface area (Å²) in [5, 5.41) is 3.73. The zero-order chi connectivity index (χ0) is 12.2. The van der Waals surface area contributed by atoms with Gasteiger partial charge in [-0.25, -0.2) is 0 Å². The Bertz CT molecular complexity index is 192. The number of nitrogens with one attached hydrogen (secondary N) is 1. The van der Waals surface area contributed by atoms with Crippen LogP contribution in [0.5, 0.6) is 0 Å². The van der Waals surface area contributed by atoms with Gasteiger partial charge < -0.3 is 5.32 Å². The lowest BCUT2D eigenvalue weighted by Crippen LogP contribution is -2.38. The molecule has 1 saturated carbocycles. The van der Waals surface area contributed by atoms with Crippen LogP contribution < -0.4 is 5.32 Å². The van der Waals surface area contributed by atoms with Gasteiger partial charge in [0.25, 0.3) is 0 Å². The van der Waals surface area contributed by atoms with Crippen molar-refractivity contribution in [2.24, 2.45) is 17.3 Å². The minimum atomic E-state index is 0.482. The Balaban J connectivity index is 2.46. The molecular weight excluding hydrogens is 194 g/mol. The minimum absolute atomic E-state index is 0.482. The highest BCUT2D eigenvalue weighted by molar-refractivity contribution is 4.85. The molecule has 0 saturated heterocycles.